The van der Waals surface area contributed by atoms with E-state index >= 15 is 0 Å². The number of amides is 2. The van der Waals surface area contributed by atoms with Crippen LogP contribution in [-0.4, -0.2) is 188 Å². The van der Waals surface area contributed by atoms with E-state index < -0.39 is 24.1 Å². The van der Waals surface area contributed by atoms with Gasteiger partial charge in [-0.15, -0.1) is 16.6 Å². The molecule has 0 spiro atoms. The van der Waals surface area contributed by atoms with Crippen molar-refractivity contribution in [1.82, 2.24) is 54.7 Å². The number of unbranched alkanes of at least 4 members (excludes halogenated alkanes) is 1. The smallest absolute Gasteiger partial charge is 0.303 e. The number of carboxylic acids is 1. The lowest BCUT2D eigenvalue weighted by Gasteiger charge is -2.38. The lowest BCUT2D eigenvalue weighted by molar-refractivity contribution is -0.139. The van der Waals surface area contributed by atoms with Crippen molar-refractivity contribution in [3.8, 4) is 18.1 Å². The van der Waals surface area contributed by atoms with Gasteiger partial charge in [-0.2, -0.15) is 15.0 Å². The molecule has 6 rings (SSSR count). The van der Waals surface area contributed by atoms with Gasteiger partial charge >= 0.3 is 5.97 Å². The van der Waals surface area contributed by atoms with Crippen molar-refractivity contribution in [2.24, 2.45) is 23.1 Å². The van der Waals surface area contributed by atoms with Crippen molar-refractivity contribution in [2.45, 2.75) is 83.0 Å². The predicted molar refractivity (Wildman–Crippen MR) is 270 cm³/mol. The summed E-state index contributed by atoms with van der Waals surface area (Å²) >= 11 is 0. The summed E-state index contributed by atoms with van der Waals surface area (Å²) in [7, 11) is 0. The fourth-order valence-corrected chi connectivity index (χ4v) is 8.42. The van der Waals surface area contributed by atoms with Gasteiger partial charge in [-0.1, -0.05) is 48.7 Å². The molecule has 9 N–H and O–H groups in total. The minimum absolute atomic E-state index is 0.00262. The fourth-order valence-electron chi connectivity index (χ4n) is 8.42. The second kappa shape index (κ2) is 28.6. The normalized spacial score (nSPS) is 16.2. The molecule has 0 saturated carbocycles. The first-order valence-electron chi connectivity index (χ1n) is 25.2. The van der Waals surface area contributed by atoms with Crippen LogP contribution in [0.15, 0.2) is 36.7 Å². The number of carbonyl (C=O) groups excluding carboxylic acids is 2. The number of phenolic OH excluding ortho intramolecular Hbond substituents is 1. The number of benzene rings is 1. The summed E-state index contributed by atoms with van der Waals surface area (Å²) in [6, 6.07) is 4.34. The van der Waals surface area contributed by atoms with E-state index in [2.05, 4.69) is 45.7 Å². The number of phenols is 1. The molecule has 2 amide bonds. The molecule has 25 nitrogen and oxygen atoms in total. The van der Waals surface area contributed by atoms with Crippen LogP contribution in [0.2, 0.25) is 0 Å². The number of nitrogens with two attached hydrogens (primary N) is 3. The van der Waals surface area contributed by atoms with Crippen LogP contribution in [0.25, 0.3) is 0 Å². The van der Waals surface area contributed by atoms with Gasteiger partial charge in [-0.3, -0.25) is 14.4 Å². The van der Waals surface area contributed by atoms with Crippen LogP contribution < -0.4 is 32.3 Å². The van der Waals surface area contributed by atoms with Crippen LogP contribution in [0, 0.1) is 18.3 Å². The third kappa shape index (κ3) is 16.5. The van der Waals surface area contributed by atoms with Crippen molar-refractivity contribution in [3.63, 3.8) is 0 Å². The van der Waals surface area contributed by atoms with E-state index in [1.807, 2.05) is 14.7 Å². The van der Waals surface area contributed by atoms with Gasteiger partial charge in [0.2, 0.25) is 29.7 Å². The third-order valence-electron chi connectivity index (χ3n) is 13.0. The summed E-state index contributed by atoms with van der Waals surface area (Å²) < 4.78 is 19.6. The molecule has 0 radical (unpaired) electrons. The lowest BCUT2D eigenvalue weighted by Crippen LogP contribution is -2.52. The molecule has 3 aromatic heterocycles. The van der Waals surface area contributed by atoms with E-state index in [1.165, 1.54) is 4.68 Å². The molecule has 5 unspecified atom stereocenters. The zero-order chi connectivity index (χ0) is 52.1. The number of hydrogen-bond acceptors (Lipinski definition) is 20. The molecule has 73 heavy (non-hydrogen) atoms. The largest absolute Gasteiger partial charge is 0.508 e. The maximum atomic E-state index is 14.3. The van der Waals surface area contributed by atoms with Crippen molar-refractivity contribution < 1.29 is 38.8 Å². The highest BCUT2D eigenvalue weighted by Crippen LogP contribution is 2.27. The SMILES string of the molecule is C#CCOCCOCCOCCNc1nc(N2CCN(C(=O)C(CCC(=O)O)n3cc(C(N)Cc4ccc(O)cc4)nn3)CC2)nc(N2CCN(C(=O)C(CCCCN)n3cc(C(N)C(C)CC)nn3)CC2)n1. The molecule has 398 valence electrons. The van der Waals surface area contributed by atoms with Crippen LogP contribution >= 0.6 is 0 Å². The van der Waals surface area contributed by atoms with Crippen LogP contribution in [0.1, 0.15) is 93.5 Å². The Morgan fingerprint density at radius 3 is 1.88 bits per heavy atom. The number of hydrogen-bond donors (Lipinski definition) is 6. The molecular formula is C48H73N17O8. The van der Waals surface area contributed by atoms with Gasteiger partial charge in [-0.25, -0.2) is 9.36 Å². The van der Waals surface area contributed by atoms with Crippen LogP contribution in [-0.2, 0) is 35.0 Å². The predicted octanol–water partition coefficient (Wildman–Crippen LogP) is 0.917. The van der Waals surface area contributed by atoms with E-state index in [9.17, 15) is 24.6 Å². The molecule has 0 aliphatic carbocycles. The number of ether oxygens (including phenoxy) is 3. The van der Waals surface area contributed by atoms with Gasteiger partial charge in [0.25, 0.3) is 0 Å². The fraction of sp³-hybridized carbons (Fsp3) is 0.625. The highest BCUT2D eigenvalue weighted by Gasteiger charge is 2.34. The van der Waals surface area contributed by atoms with E-state index in [0.29, 0.717) is 141 Å². The molecule has 2 fully saturated rings. The van der Waals surface area contributed by atoms with Crippen LogP contribution in [0.3, 0.4) is 0 Å². The number of nitrogens with one attached hydrogen (secondary N) is 1. The molecule has 2 aliphatic heterocycles. The zero-order valence-corrected chi connectivity index (χ0v) is 42.1. The highest BCUT2D eigenvalue weighted by molar-refractivity contribution is 5.81. The number of piperazine rings is 2. The summed E-state index contributed by atoms with van der Waals surface area (Å²) in [5.41, 5.74) is 20.8. The molecule has 25 heteroatoms. The quantitative estimate of drug-likeness (QED) is 0.0312. The van der Waals surface area contributed by atoms with Crippen molar-refractivity contribution in [2.75, 3.05) is 120 Å². The number of nitrogens with zero attached hydrogens (tertiary/aromatic N) is 13. The zero-order valence-electron chi connectivity index (χ0n) is 42.1. The first kappa shape index (κ1) is 55.7. The number of aliphatic carboxylic acids is 1. The summed E-state index contributed by atoms with van der Waals surface area (Å²) in [5.74, 6) is 2.53. The minimum atomic E-state index is -1.04. The first-order chi connectivity index (χ1) is 35.4. The first-order valence-corrected chi connectivity index (χ1v) is 25.2. The summed E-state index contributed by atoms with van der Waals surface area (Å²) in [6.07, 6.45) is 11.7. The summed E-state index contributed by atoms with van der Waals surface area (Å²) in [4.78, 5) is 62.3. The van der Waals surface area contributed by atoms with Gasteiger partial charge in [0.1, 0.15) is 24.4 Å². The Balaban J connectivity index is 1.12. The second-order valence-electron chi connectivity index (χ2n) is 18.2. The van der Waals surface area contributed by atoms with Gasteiger partial charge in [0.05, 0.1) is 68.9 Å². The summed E-state index contributed by atoms with van der Waals surface area (Å²) in [5, 5.41) is 39.8. The Kier molecular flexibility index (Phi) is 21.9. The number of anilines is 3. The Morgan fingerprint density at radius 1 is 0.767 bits per heavy atom. The van der Waals surface area contributed by atoms with Crippen molar-refractivity contribution >= 4 is 35.6 Å². The molecule has 2 saturated heterocycles. The summed E-state index contributed by atoms with van der Waals surface area (Å²) in [6.45, 7) is 10.3. The monoisotopic (exact) mass is 1020 g/mol. The standard InChI is InChI=1S/C48H73N17O8/c1-4-25-71-27-29-73-30-28-72-26-16-52-46-53-47(62-21-17-60(18-22-62)44(69)40(8-6-7-15-49)65-33-39(57-59-65)43(51)34(3)5-2)55-48(54-46)63-23-19-61(20-24-63)45(70)41(13-14-42(67)68)64-32-38(56-58-64)37(50)31-35-9-11-36(66)12-10-35/h1,9-12,32-34,37,40-41,43,66H,5-8,13-31,49-51H2,2-3H3,(H,67,68)(H,52,53,54,55). The van der Waals surface area contributed by atoms with Gasteiger partial charge in [-0.05, 0) is 62.3 Å². The van der Waals surface area contributed by atoms with Gasteiger partial charge in [0, 0.05) is 65.3 Å². The van der Waals surface area contributed by atoms with E-state index in [0.717, 1.165) is 24.8 Å². The number of aromatic hydroxyl groups is 1. The van der Waals surface area contributed by atoms with E-state index in [4.69, 9.17) is 52.8 Å². The van der Waals surface area contributed by atoms with Gasteiger partial charge in [0.15, 0.2) is 0 Å². The van der Waals surface area contributed by atoms with Crippen molar-refractivity contribution in [3.05, 3.63) is 53.6 Å². The third-order valence-corrected chi connectivity index (χ3v) is 13.0. The number of aromatic nitrogens is 9. The topological polar surface area (TPSA) is 322 Å². The number of terminal acetylenes is 1. The maximum absolute atomic E-state index is 14.3. The molecular weight excluding hydrogens is 943 g/mol. The van der Waals surface area contributed by atoms with Crippen LogP contribution in [0.5, 0.6) is 5.75 Å². The average molecular weight is 1020 g/mol. The number of rotatable bonds is 30. The maximum Gasteiger partial charge on any atom is 0.303 e. The minimum Gasteiger partial charge on any atom is -0.508 e. The lowest BCUT2D eigenvalue weighted by atomic mass is 9.98. The highest BCUT2D eigenvalue weighted by atomic mass is 16.5. The molecule has 5 atom stereocenters. The Hall–Kier alpha value is -6.56. The molecule has 0 bridgehead atoms. The molecule has 1 aromatic carbocycles. The number of carbonyl (C=O) groups is 3. The Labute approximate surface area is 426 Å². The molecule has 2 aliphatic rings. The second-order valence-corrected chi connectivity index (χ2v) is 18.2. The molecule has 5 heterocycles. The van der Waals surface area contributed by atoms with Gasteiger partial charge < -0.3 is 66.5 Å². The number of carboxylic acid groups (broad SMARTS) is 1. The Bertz CT molecular complexity index is 2360. The molecule has 4 aromatic rings. The van der Waals surface area contributed by atoms with Crippen LogP contribution in [0.4, 0.5) is 17.8 Å². The Morgan fingerprint density at radius 2 is 1.32 bits per heavy atom. The average Bonchev–Trinajstić information content (AvgIpc) is 4.11. The van der Waals surface area contributed by atoms with Crippen molar-refractivity contribution in [1.29, 1.82) is 0 Å². The van der Waals surface area contributed by atoms with E-state index in [1.54, 1.807) is 46.2 Å². The van der Waals surface area contributed by atoms with E-state index in [-0.39, 0.29) is 49.0 Å².